The lowest BCUT2D eigenvalue weighted by Crippen LogP contribution is -2.52. The molecular weight excluding hydrogens is 232 g/mol. The van der Waals surface area contributed by atoms with Gasteiger partial charge < -0.3 is 14.9 Å². The van der Waals surface area contributed by atoms with Crippen molar-refractivity contribution in [3.8, 4) is 0 Å². The van der Waals surface area contributed by atoms with E-state index in [4.69, 9.17) is 14.8 Å². The summed E-state index contributed by atoms with van der Waals surface area (Å²) < 4.78 is 32.4. The molecule has 9 heteroatoms. The van der Waals surface area contributed by atoms with E-state index in [2.05, 4.69) is 4.74 Å². The van der Waals surface area contributed by atoms with E-state index in [9.17, 15) is 18.0 Å². The molecule has 2 atom stereocenters. The molecule has 86 valence electrons. The van der Waals surface area contributed by atoms with Gasteiger partial charge in [0.25, 0.3) is 10.1 Å². The van der Waals surface area contributed by atoms with E-state index in [1.165, 1.54) is 0 Å². The van der Waals surface area contributed by atoms with Crippen LogP contribution in [0.3, 0.4) is 0 Å². The van der Waals surface area contributed by atoms with Gasteiger partial charge in [0.2, 0.25) is 4.75 Å². The highest BCUT2D eigenvalue weighted by Crippen LogP contribution is 2.35. The molecule has 1 rings (SSSR count). The molecule has 0 aromatic heterocycles. The van der Waals surface area contributed by atoms with Gasteiger partial charge in [-0.1, -0.05) is 0 Å². The molecule has 0 bridgehead atoms. The van der Waals surface area contributed by atoms with Crippen molar-refractivity contribution in [1.82, 2.24) is 0 Å². The van der Waals surface area contributed by atoms with Crippen molar-refractivity contribution < 1.29 is 37.5 Å². The topological polar surface area (TPSA) is 141 Å². The molecule has 1 aliphatic rings. The molecule has 15 heavy (non-hydrogen) atoms. The van der Waals surface area contributed by atoms with Crippen LogP contribution in [0.5, 0.6) is 0 Å². The second-order valence-electron chi connectivity index (χ2n) is 3.06. The number of aliphatic carboxylic acids is 2. The molecule has 0 saturated carbocycles. The van der Waals surface area contributed by atoms with Crippen molar-refractivity contribution in [2.45, 2.75) is 17.3 Å². The minimum absolute atomic E-state index is 0.209. The van der Waals surface area contributed by atoms with Crippen LogP contribution >= 0.6 is 0 Å². The van der Waals surface area contributed by atoms with E-state index in [1.807, 2.05) is 0 Å². The van der Waals surface area contributed by atoms with Crippen LogP contribution in [0.4, 0.5) is 0 Å². The highest BCUT2D eigenvalue weighted by atomic mass is 32.2. The second-order valence-corrected chi connectivity index (χ2v) is 4.74. The molecule has 1 saturated heterocycles. The fourth-order valence-corrected chi connectivity index (χ4v) is 2.23. The van der Waals surface area contributed by atoms with Gasteiger partial charge in [0.1, 0.15) is 6.10 Å². The minimum Gasteiger partial charge on any atom is -0.481 e. The van der Waals surface area contributed by atoms with Crippen molar-refractivity contribution >= 4 is 22.1 Å². The Hall–Kier alpha value is -1.19. The predicted molar refractivity (Wildman–Crippen MR) is 43.9 cm³/mol. The van der Waals surface area contributed by atoms with Crippen LogP contribution in [0, 0.1) is 0 Å². The summed E-state index contributed by atoms with van der Waals surface area (Å²) in [5.41, 5.74) is 0. The summed E-state index contributed by atoms with van der Waals surface area (Å²) in [6.45, 7) is -0.209. The van der Waals surface area contributed by atoms with Gasteiger partial charge in [-0.05, 0) is 0 Å². The summed E-state index contributed by atoms with van der Waals surface area (Å²) in [5.74, 6) is -3.58. The number of rotatable bonds is 5. The summed E-state index contributed by atoms with van der Waals surface area (Å²) >= 11 is 0. The molecule has 0 radical (unpaired) electrons. The van der Waals surface area contributed by atoms with Crippen molar-refractivity contribution in [3.63, 3.8) is 0 Å². The third-order valence-electron chi connectivity index (χ3n) is 2.09. The normalized spacial score (nSPS) is 24.2. The second kappa shape index (κ2) is 3.43. The summed E-state index contributed by atoms with van der Waals surface area (Å²) in [5, 5.41) is 17.2. The van der Waals surface area contributed by atoms with Crippen LogP contribution in [-0.2, 0) is 24.4 Å². The van der Waals surface area contributed by atoms with Gasteiger partial charge in [0.05, 0.1) is 13.0 Å². The molecule has 8 nitrogen and oxygen atoms in total. The lowest BCUT2D eigenvalue weighted by atomic mass is 10.0. The van der Waals surface area contributed by atoms with E-state index < -0.39 is 39.3 Å². The Labute approximate surface area is 84.2 Å². The minimum atomic E-state index is -5.06. The van der Waals surface area contributed by atoms with Gasteiger partial charge in [0, 0.05) is 0 Å². The first-order valence-electron chi connectivity index (χ1n) is 3.75. The zero-order chi connectivity index (χ0) is 11.9. The average molecular weight is 240 g/mol. The number of ether oxygens (including phenoxy) is 1. The Morgan fingerprint density at radius 3 is 2.07 bits per heavy atom. The predicted octanol–water partition coefficient (Wildman–Crippen LogP) is -1.43. The first-order chi connectivity index (χ1) is 6.72. The molecule has 1 aliphatic heterocycles. The van der Waals surface area contributed by atoms with Gasteiger partial charge in [-0.2, -0.15) is 8.42 Å². The third-order valence-corrected chi connectivity index (χ3v) is 3.59. The maximum absolute atomic E-state index is 10.9. The maximum atomic E-state index is 10.9. The summed E-state index contributed by atoms with van der Waals surface area (Å²) in [7, 11) is -5.06. The van der Waals surface area contributed by atoms with Crippen molar-refractivity contribution in [3.05, 3.63) is 0 Å². The van der Waals surface area contributed by atoms with E-state index in [0.717, 1.165) is 0 Å². The van der Waals surface area contributed by atoms with E-state index in [1.54, 1.807) is 0 Å². The lowest BCUT2D eigenvalue weighted by Gasteiger charge is -2.21. The number of hydrogen-bond acceptors (Lipinski definition) is 5. The van der Waals surface area contributed by atoms with Crippen LogP contribution in [0.15, 0.2) is 0 Å². The summed E-state index contributed by atoms with van der Waals surface area (Å²) in [6, 6.07) is 0. The van der Waals surface area contributed by atoms with Crippen LogP contribution in [0.25, 0.3) is 0 Å². The smallest absolute Gasteiger partial charge is 0.331 e. The fourth-order valence-electron chi connectivity index (χ4n) is 1.24. The van der Waals surface area contributed by atoms with Gasteiger partial charge in [-0.15, -0.1) is 0 Å². The zero-order valence-electron chi connectivity index (χ0n) is 7.28. The van der Waals surface area contributed by atoms with Crippen molar-refractivity contribution in [2.75, 3.05) is 6.61 Å². The maximum Gasteiger partial charge on any atom is 0.331 e. The van der Waals surface area contributed by atoms with Gasteiger partial charge in [-0.25, -0.2) is 0 Å². The summed E-state index contributed by atoms with van der Waals surface area (Å²) in [4.78, 5) is 21.2. The third kappa shape index (κ3) is 1.94. The van der Waals surface area contributed by atoms with Crippen LogP contribution in [0.2, 0.25) is 0 Å². The molecule has 0 aromatic carbocycles. The Balaban J connectivity index is 3.23. The van der Waals surface area contributed by atoms with Crippen LogP contribution < -0.4 is 0 Å². The Bertz CT molecular complexity index is 393. The highest BCUT2D eigenvalue weighted by Gasteiger charge is 2.63. The molecule has 0 amide bonds. The van der Waals surface area contributed by atoms with Crippen LogP contribution in [-0.4, -0.2) is 52.6 Å². The number of hydrogen-bond donors (Lipinski definition) is 3. The number of epoxide rings is 1. The van der Waals surface area contributed by atoms with E-state index in [0.29, 0.717) is 0 Å². The van der Waals surface area contributed by atoms with Gasteiger partial charge in [0.15, 0.2) is 0 Å². The van der Waals surface area contributed by atoms with E-state index in [-0.39, 0.29) is 6.61 Å². The molecule has 3 N–H and O–H groups in total. The first kappa shape index (κ1) is 11.9. The number of carboxylic acid groups (broad SMARTS) is 2. The van der Waals surface area contributed by atoms with Crippen LogP contribution in [0.1, 0.15) is 6.42 Å². The summed E-state index contributed by atoms with van der Waals surface area (Å²) in [6.07, 6.45) is -2.56. The lowest BCUT2D eigenvalue weighted by molar-refractivity contribution is -0.147. The number of carboxylic acids is 2. The molecule has 1 heterocycles. The zero-order valence-corrected chi connectivity index (χ0v) is 8.10. The molecule has 0 spiro atoms. The van der Waals surface area contributed by atoms with Gasteiger partial charge in [-0.3, -0.25) is 14.1 Å². The average Bonchev–Trinajstić information content (AvgIpc) is 2.78. The molecule has 2 unspecified atom stereocenters. The standard InChI is InChI=1S/C6H8O8S/c7-4(8)1-6(5(9)10,3-2-14-3)15(11,12)13/h3H,1-2H2,(H,7,8)(H,9,10)(H,11,12,13). The monoisotopic (exact) mass is 240 g/mol. The van der Waals surface area contributed by atoms with Crippen molar-refractivity contribution in [1.29, 1.82) is 0 Å². The Morgan fingerprint density at radius 2 is 1.87 bits per heavy atom. The first-order valence-corrected chi connectivity index (χ1v) is 5.19. The molecular formula is C6H8O8S. The Morgan fingerprint density at radius 1 is 1.40 bits per heavy atom. The van der Waals surface area contributed by atoms with Gasteiger partial charge >= 0.3 is 11.9 Å². The quantitative estimate of drug-likeness (QED) is 0.392. The molecule has 1 fully saturated rings. The molecule has 0 aromatic rings. The molecule has 0 aliphatic carbocycles. The fraction of sp³-hybridized carbons (Fsp3) is 0.667. The van der Waals surface area contributed by atoms with Crippen molar-refractivity contribution in [2.24, 2.45) is 0 Å². The Kier molecular flexibility index (Phi) is 2.72. The SMILES string of the molecule is O=C(O)CC(C(=O)O)(C1CO1)S(=O)(=O)O. The highest BCUT2D eigenvalue weighted by molar-refractivity contribution is 7.88. The number of carbonyl (C=O) groups is 2. The largest absolute Gasteiger partial charge is 0.481 e. The van der Waals surface area contributed by atoms with E-state index >= 15 is 0 Å².